The van der Waals surface area contributed by atoms with Crippen LogP contribution in [0.3, 0.4) is 0 Å². The number of para-hydroxylation sites is 1. The summed E-state index contributed by atoms with van der Waals surface area (Å²) < 4.78 is 3.29. The first-order chi connectivity index (χ1) is 15.9. The molecule has 5 rings (SSSR count). The molecule has 0 spiro atoms. The van der Waals surface area contributed by atoms with E-state index >= 15 is 0 Å². The second-order valence-electron chi connectivity index (χ2n) is 8.16. The Labute approximate surface area is 195 Å². The lowest BCUT2D eigenvalue weighted by Crippen LogP contribution is -2.50. The summed E-state index contributed by atoms with van der Waals surface area (Å²) in [4.78, 5) is 32.4. The van der Waals surface area contributed by atoms with Crippen LogP contribution in [0.25, 0.3) is 11.3 Å². The van der Waals surface area contributed by atoms with E-state index in [0.717, 1.165) is 22.6 Å². The number of carbonyl (C=O) groups is 1. The van der Waals surface area contributed by atoms with E-state index in [1.54, 1.807) is 18.3 Å². The molecule has 168 valence electrons. The van der Waals surface area contributed by atoms with Gasteiger partial charge in [0.1, 0.15) is 11.7 Å². The van der Waals surface area contributed by atoms with Crippen molar-refractivity contribution in [2.45, 2.75) is 26.4 Å². The number of pyridine rings is 1. The smallest absolute Gasteiger partial charge is 0.258 e. The van der Waals surface area contributed by atoms with Gasteiger partial charge in [-0.2, -0.15) is 5.10 Å². The normalized spacial score (nSPS) is 16.8. The Balaban J connectivity index is 1.53. The van der Waals surface area contributed by atoms with Gasteiger partial charge in [-0.3, -0.25) is 18.9 Å². The van der Waals surface area contributed by atoms with Crippen molar-refractivity contribution in [3.8, 4) is 5.69 Å². The summed E-state index contributed by atoms with van der Waals surface area (Å²) in [6.45, 7) is 5.43. The van der Waals surface area contributed by atoms with E-state index in [1.165, 1.54) is 10.5 Å². The molecular formula is C24H23ClN6O2. The molecule has 3 aromatic heterocycles. The van der Waals surface area contributed by atoms with E-state index in [-0.39, 0.29) is 11.5 Å². The second kappa shape index (κ2) is 8.46. The molecular weight excluding hydrogens is 440 g/mol. The fourth-order valence-corrected chi connectivity index (χ4v) is 4.65. The van der Waals surface area contributed by atoms with Crippen molar-refractivity contribution in [3.63, 3.8) is 0 Å². The number of halogens is 1. The minimum absolute atomic E-state index is 0.0793. The van der Waals surface area contributed by atoms with Crippen molar-refractivity contribution in [2.24, 2.45) is 0 Å². The average molecular weight is 463 g/mol. The predicted octanol–water partition coefficient (Wildman–Crippen LogP) is 2.82. The number of nitrogens with one attached hydrogen (secondary N) is 1. The van der Waals surface area contributed by atoms with Crippen molar-refractivity contribution in [1.82, 2.24) is 29.4 Å². The van der Waals surface area contributed by atoms with Crippen LogP contribution in [0, 0.1) is 13.8 Å². The summed E-state index contributed by atoms with van der Waals surface area (Å²) in [6.07, 6.45) is 1.55. The monoisotopic (exact) mass is 462 g/mol. The third kappa shape index (κ3) is 3.92. The minimum atomic E-state index is -0.526. The van der Waals surface area contributed by atoms with Gasteiger partial charge in [-0.05, 0) is 38.1 Å². The van der Waals surface area contributed by atoms with Crippen molar-refractivity contribution >= 4 is 23.2 Å². The topological polar surface area (TPSA) is 84.5 Å². The molecule has 0 aliphatic carbocycles. The SMILES string of the molecule is Cc1nn(-c2ccccc2)c(C)c1C1C(=O)NCCN1Cc1cc(=O)n2cc(Cl)ccc2n1. The second-order valence-corrected chi connectivity index (χ2v) is 8.59. The standard InChI is InChI=1S/C24H23ClN6O2/c1-15-22(16(2)31(28-15)19-6-4-3-5-7-19)23-24(33)26-10-11-29(23)14-18-12-21(32)30-13-17(25)8-9-20(30)27-18/h3-9,12-13,23H,10-11,14H2,1-2H3,(H,26,33). The maximum absolute atomic E-state index is 13.1. The summed E-state index contributed by atoms with van der Waals surface area (Å²) >= 11 is 6.02. The summed E-state index contributed by atoms with van der Waals surface area (Å²) in [5.41, 5.74) is 4.43. The third-order valence-corrected chi connectivity index (χ3v) is 6.20. The van der Waals surface area contributed by atoms with E-state index in [9.17, 15) is 9.59 Å². The lowest BCUT2D eigenvalue weighted by atomic mass is 10.00. The Morgan fingerprint density at radius 3 is 2.70 bits per heavy atom. The van der Waals surface area contributed by atoms with Gasteiger partial charge in [-0.1, -0.05) is 29.8 Å². The number of hydrogen-bond acceptors (Lipinski definition) is 5. The minimum Gasteiger partial charge on any atom is -0.353 e. The van der Waals surface area contributed by atoms with Gasteiger partial charge in [0.15, 0.2) is 0 Å². The predicted molar refractivity (Wildman–Crippen MR) is 126 cm³/mol. The largest absolute Gasteiger partial charge is 0.353 e. The third-order valence-electron chi connectivity index (χ3n) is 5.97. The van der Waals surface area contributed by atoms with Crippen LogP contribution in [0.15, 0.2) is 59.5 Å². The molecule has 33 heavy (non-hydrogen) atoms. The number of aryl methyl sites for hydroxylation is 1. The molecule has 1 unspecified atom stereocenters. The first-order valence-corrected chi connectivity index (χ1v) is 11.1. The highest BCUT2D eigenvalue weighted by molar-refractivity contribution is 6.30. The molecule has 1 fully saturated rings. The number of fused-ring (bicyclic) bond motifs is 1. The molecule has 1 aliphatic heterocycles. The lowest BCUT2D eigenvalue weighted by Gasteiger charge is -2.35. The zero-order valence-corrected chi connectivity index (χ0v) is 19.1. The number of rotatable bonds is 4. The van der Waals surface area contributed by atoms with Gasteiger partial charge < -0.3 is 5.32 Å². The van der Waals surface area contributed by atoms with Crippen molar-refractivity contribution in [2.75, 3.05) is 13.1 Å². The van der Waals surface area contributed by atoms with Crippen LogP contribution in [0.5, 0.6) is 0 Å². The first kappa shape index (κ1) is 21.4. The lowest BCUT2D eigenvalue weighted by molar-refractivity contribution is -0.129. The quantitative estimate of drug-likeness (QED) is 0.504. The first-order valence-electron chi connectivity index (χ1n) is 10.7. The van der Waals surface area contributed by atoms with Crippen LogP contribution in [-0.4, -0.2) is 43.1 Å². The molecule has 9 heteroatoms. The number of amides is 1. The summed E-state index contributed by atoms with van der Waals surface area (Å²) in [5, 5.41) is 8.17. The molecule has 1 aliphatic rings. The fourth-order valence-electron chi connectivity index (χ4n) is 4.48. The summed E-state index contributed by atoms with van der Waals surface area (Å²) in [7, 11) is 0. The average Bonchev–Trinajstić information content (AvgIpc) is 3.09. The molecule has 0 saturated carbocycles. The summed E-state index contributed by atoms with van der Waals surface area (Å²) in [6, 6.07) is 14.2. The van der Waals surface area contributed by atoms with Gasteiger partial charge in [0.25, 0.3) is 5.56 Å². The van der Waals surface area contributed by atoms with Gasteiger partial charge in [0.2, 0.25) is 5.91 Å². The molecule has 0 bridgehead atoms. The highest BCUT2D eigenvalue weighted by atomic mass is 35.5. The molecule has 8 nitrogen and oxygen atoms in total. The van der Waals surface area contributed by atoms with Crippen molar-refractivity contribution in [1.29, 1.82) is 0 Å². The maximum Gasteiger partial charge on any atom is 0.258 e. The molecule has 1 atom stereocenters. The fraction of sp³-hybridized carbons (Fsp3) is 0.250. The molecule has 4 aromatic rings. The molecule has 1 saturated heterocycles. The van der Waals surface area contributed by atoms with Gasteiger partial charge >= 0.3 is 0 Å². The van der Waals surface area contributed by atoms with E-state index < -0.39 is 6.04 Å². The Morgan fingerprint density at radius 2 is 1.91 bits per heavy atom. The number of piperazine rings is 1. The van der Waals surface area contributed by atoms with Crippen molar-refractivity contribution in [3.05, 3.63) is 92.7 Å². The number of aromatic nitrogens is 4. The van der Waals surface area contributed by atoms with Gasteiger partial charge in [0, 0.05) is 43.2 Å². The molecule has 1 N–H and O–H groups in total. The zero-order valence-electron chi connectivity index (χ0n) is 18.3. The Bertz CT molecular complexity index is 1410. The highest BCUT2D eigenvalue weighted by Gasteiger charge is 2.35. The number of hydrogen-bond donors (Lipinski definition) is 1. The molecule has 0 radical (unpaired) electrons. The Kier molecular flexibility index (Phi) is 5.47. The molecule has 4 heterocycles. The Hall–Kier alpha value is -3.49. The number of benzene rings is 1. The summed E-state index contributed by atoms with van der Waals surface area (Å²) in [5.74, 6) is -0.0793. The van der Waals surface area contributed by atoms with Crippen LogP contribution >= 0.6 is 11.6 Å². The maximum atomic E-state index is 13.1. The van der Waals surface area contributed by atoms with Gasteiger partial charge in [-0.25, -0.2) is 9.67 Å². The highest BCUT2D eigenvalue weighted by Crippen LogP contribution is 2.31. The molecule has 1 amide bonds. The van der Waals surface area contributed by atoms with E-state index in [0.29, 0.717) is 36.0 Å². The number of nitrogens with zero attached hydrogens (tertiary/aromatic N) is 5. The van der Waals surface area contributed by atoms with E-state index in [4.69, 9.17) is 16.7 Å². The van der Waals surface area contributed by atoms with Crippen LogP contribution in [-0.2, 0) is 11.3 Å². The van der Waals surface area contributed by atoms with Crippen LogP contribution < -0.4 is 10.9 Å². The zero-order chi connectivity index (χ0) is 23.1. The number of carbonyl (C=O) groups excluding carboxylic acids is 1. The van der Waals surface area contributed by atoms with Crippen LogP contribution in [0.1, 0.15) is 28.7 Å². The van der Waals surface area contributed by atoms with Gasteiger partial charge in [-0.15, -0.1) is 0 Å². The van der Waals surface area contributed by atoms with E-state index in [2.05, 4.69) is 15.2 Å². The van der Waals surface area contributed by atoms with Crippen molar-refractivity contribution < 1.29 is 4.79 Å². The van der Waals surface area contributed by atoms with E-state index in [1.807, 2.05) is 48.9 Å². The molecule has 1 aromatic carbocycles. The van der Waals surface area contributed by atoms with Crippen LogP contribution in [0.2, 0.25) is 5.02 Å². The van der Waals surface area contributed by atoms with Crippen LogP contribution in [0.4, 0.5) is 0 Å². The van der Waals surface area contributed by atoms with Gasteiger partial charge in [0.05, 0.1) is 22.1 Å². The Morgan fingerprint density at radius 1 is 1.12 bits per heavy atom.